The number of nitrogens with two attached hydrogens (primary N) is 1. The van der Waals surface area contributed by atoms with Gasteiger partial charge in [-0.05, 0) is 11.8 Å². The summed E-state index contributed by atoms with van der Waals surface area (Å²) < 4.78 is 0. The predicted octanol–water partition coefficient (Wildman–Crippen LogP) is -0.225. The average Bonchev–Trinajstić information content (AvgIpc) is 2.21. The monoisotopic (exact) mass is 257 g/mol. The van der Waals surface area contributed by atoms with Crippen LogP contribution in [0.5, 0.6) is 0 Å². The molecular formula is C12H23N3O3. The second kappa shape index (κ2) is 7.68. The van der Waals surface area contributed by atoms with Gasteiger partial charge in [-0.15, -0.1) is 0 Å². The molecule has 0 unspecified atom stereocenters. The molecule has 0 bridgehead atoms. The van der Waals surface area contributed by atoms with Gasteiger partial charge in [0.15, 0.2) is 0 Å². The van der Waals surface area contributed by atoms with E-state index in [1.165, 1.54) is 0 Å². The highest BCUT2D eigenvalue weighted by atomic mass is 16.2. The van der Waals surface area contributed by atoms with Crippen LogP contribution >= 0.6 is 0 Å². The summed E-state index contributed by atoms with van der Waals surface area (Å²) in [5.74, 6) is -1.00. The zero-order chi connectivity index (χ0) is 14.3. The van der Waals surface area contributed by atoms with Crippen molar-refractivity contribution in [3.63, 3.8) is 0 Å². The van der Waals surface area contributed by atoms with Crippen LogP contribution in [0, 0.1) is 11.8 Å². The van der Waals surface area contributed by atoms with Crippen LogP contribution < -0.4 is 16.4 Å². The summed E-state index contributed by atoms with van der Waals surface area (Å²) in [7, 11) is 0. The standard InChI is InChI=1S/C12H23N3O3/c1-7(2)5-10(17)15-11(8(3)4)12(18)14-6-9(13)16/h7-8,11H,5-6H2,1-4H3,(H2,13,16)(H,14,18)(H,15,17)/t11-/m0/s1. The molecule has 0 aromatic carbocycles. The summed E-state index contributed by atoms with van der Waals surface area (Å²) in [5.41, 5.74) is 4.94. The molecule has 0 radical (unpaired) electrons. The summed E-state index contributed by atoms with van der Waals surface area (Å²) >= 11 is 0. The van der Waals surface area contributed by atoms with Gasteiger partial charge in [0.1, 0.15) is 6.04 Å². The van der Waals surface area contributed by atoms with E-state index in [1.54, 1.807) is 0 Å². The maximum atomic E-state index is 11.8. The van der Waals surface area contributed by atoms with Gasteiger partial charge >= 0.3 is 0 Å². The Bertz CT molecular complexity index is 314. The molecule has 6 heteroatoms. The molecule has 0 aliphatic rings. The van der Waals surface area contributed by atoms with E-state index >= 15 is 0 Å². The third-order valence-corrected chi connectivity index (χ3v) is 2.30. The van der Waals surface area contributed by atoms with Crippen LogP contribution in [0.1, 0.15) is 34.1 Å². The van der Waals surface area contributed by atoms with Crippen molar-refractivity contribution in [3.05, 3.63) is 0 Å². The second-order valence-electron chi connectivity index (χ2n) is 5.07. The molecular weight excluding hydrogens is 234 g/mol. The molecule has 0 saturated heterocycles. The Hall–Kier alpha value is -1.59. The van der Waals surface area contributed by atoms with Crippen LogP contribution in [0.25, 0.3) is 0 Å². The van der Waals surface area contributed by atoms with E-state index in [2.05, 4.69) is 10.6 Å². The van der Waals surface area contributed by atoms with Crippen LogP contribution in [0.3, 0.4) is 0 Å². The molecule has 0 aliphatic heterocycles. The molecule has 1 atom stereocenters. The number of carbonyl (C=O) groups excluding carboxylic acids is 3. The fourth-order valence-corrected chi connectivity index (χ4v) is 1.42. The van der Waals surface area contributed by atoms with E-state index in [0.29, 0.717) is 6.42 Å². The smallest absolute Gasteiger partial charge is 0.243 e. The minimum atomic E-state index is -0.643. The van der Waals surface area contributed by atoms with E-state index in [9.17, 15) is 14.4 Å². The van der Waals surface area contributed by atoms with Crippen molar-refractivity contribution in [3.8, 4) is 0 Å². The van der Waals surface area contributed by atoms with Crippen molar-refractivity contribution in [1.29, 1.82) is 0 Å². The first-order valence-electron chi connectivity index (χ1n) is 6.09. The minimum absolute atomic E-state index is 0.0611. The Morgan fingerprint density at radius 1 is 1.11 bits per heavy atom. The lowest BCUT2D eigenvalue weighted by Crippen LogP contribution is -2.51. The first-order chi connectivity index (χ1) is 8.23. The SMILES string of the molecule is CC(C)CC(=O)N[C@H](C(=O)NCC(N)=O)C(C)C. The Balaban J connectivity index is 4.42. The summed E-state index contributed by atoms with van der Waals surface area (Å²) in [6.45, 7) is 7.28. The molecule has 0 saturated carbocycles. The average molecular weight is 257 g/mol. The van der Waals surface area contributed by atoms with Gasteiger partial charge in [0.25, 0.3) is 0 Å². The van der Waals surface area contributed by atoms with Crippen LogP contribution in [-0.4, -0.2) is 30.3 Å². The molecule has 0 fully saturated rings. The van der Waals surface area contributed by atoms with Crippen LogP contribution in [0.2, 0.25) is 0 Å². The Kier molecular flexibility index (Phi) is 7.00. The zero-order valence-corrected chi connectivity index (χ0v) is 11.4. The first-order valence-corrected chi connectivity index (χ1v) is 6.09. The zero-order valence-electron chi connectivity index (χ0n) is 11.4. The summed E-state index contributed by atoms with van der Waals surface area (Å²) in [6, 6.07) is -0.643. The van der Waals surface area contributed by atoms with E-state index in [-0.39, 0.29) is 30.2 Å². The number of hydrogen-bond acceptors (Lipinski definition) is 3. The van der Waals surface area contributed by atoms with Crippen molar-refractivity contribution < 1.29 is 14.4 Å². The van der Waals surface area contributed by atoms with E-state index in [0.717, 1.165) is 0 Å². The third kappa shape index (κ3) is 6.88. The topological polar surface area (TPSA) is 101 Å². The first kappa shape index (κ1) is 16.4. The van der Waals surface area contributed by atoms with Crippen LogP contribution in [-0.2, 0) is 14.4 Å². The minimum Gasteiger partial charge on any atom is -0.368 e. The number of amides is 3. The molecule has 0 aromatic heterocycles. The molecule has 104 valence electrons. The molecule has 0 spiro atoms. The highest BCUT2D eigenvalue weighted by molar-refractivity contribution is 5.90. The number of hydrogen-bond donors (Lipinski definition) is 3. The van der Waals surface area contributed by atoms with Gasteiger partial charge in [-0.1, -0.05) is 27.7 Å². The Labute approximate surface area is 108 Å². The van der Waals surface area contributed by atoms with Crippen molar-refractivity contribution in [2.45, 2.75) is 40.2 Å². The lowest BCUT2D eigenvalue weighted by atomic mass is 10.0. The number of nitrogens with one attached hydrogen (secondary N) is 2. The van der Waals surface area contributed by atoms with E-state index in [4.69, 9.17) is 5.73 Å². The quantitative estimate of drug-likeness (QED) is 0.587. The molecule has 6 nitrogen and oxygen atoms in total. The normalized spacial score (nSPS) is 12.3. The maximum Gasteiger partial charge on any atom is 0.243 e. The fraction of sp³-hybridized carbons (Fsp3) is 0.750. The van der Waals surface area contributed by atoms with Gasteiger partial charge in [0.2, 0.25) is 17.7 Å². The van der Waals surface area contributed by atoms with Crippen molar-refractivity contribution in [1.82, 2.24) is 10.6 Å². The van der Waals surface area contributed by atoms with E-state index in [1.807, 2.05) is 27.7 Å². The van der Waals surface area contributed by atoms with Gasteiger partial charge in [-0.2, -0.15) is 0 Å². The van der Waals surface area contributed by atoms with Crippen LogP contribution in [0.4, 0.5) is 0 Å². The third-order valence-electron chi connectivity index (χ3n) is 2.30. The van der Waals surface area contributed by atoms with E-state index < -0.39 is 11.9 Å². The Morgan fingerprint density at radius 2 is 1.67 bits per heavy atom. The summed E-state index contributed by atoms with van der Waals surface area (Å²) in [4.78, 5) is 34.0. The highest BCUT2D eigenvalue weighted by Gasteiger charge is 2.24. The number of rotatable bonds is 7. The number of carbonyl (C=O) groups is 3. The highest BCUT2D eigenvalue weighted by Crippen LogP contribution is 2.04. The predicted molar refractivity (Wildman–Crippen MR) is 68.4 cm³/mol. The molecule has 0 rings (SSSR count). The summed E-state index contributed by atoms with van der Waals surface area (Å²) in [5, 5.41) is 5.06. The second-order valence-corrected chi connectivity index (χ2v) is 5.07. The summed E-state index contributed by atoms with van der Waals surface area (Å²) in [6.07, 6.45) is 0.367. The lowest BCUT2D eigenvalue weighted by Gasteiger charge is -2.21. The number of primary amides is 1. The van der Waals surface area contributed by atoms with Gasteiger partial charge in [-0.3, -0.25) is 14.4 Å². The van der Waals surface area contributed by atoms with Gasteiger partial charge in [-0.25, -0.2) is 0 Å². The molecule has 0 aliphatic carbocycles. The largest absolute Gasteiger partial charge is 0.368 e. The van der Waals surface area contributed by atoms with Crippen molar-refractivity contribution in [2.75, 3.05) is 6.54 Å². The van der Waals surface area contributed by atoms with Crippen LogP contribution in [0.15, 0.2) is 0 Å². The molecule has 3 amide bonds. The molecule has 4 N–H and O–H groups in total. The van der Waals surface area contributed by atoms with Crippen molar-refractivity contribution in [2.24, 2.45) is 17.6 Å². The van der Waals surface area contributed by atoms with Gasteiger partial charge in [0.05, 0.1) is 6.54 Å². The molecule has 0 aromatic rings. The van der Waals surface area contributed by atoms with Crippen molar-refractivity contribution >= 4 is 17.7 Å². The molecule has 18 heavy (non-hydrogen) atoms. The van der Waals surface area contributed by atoms with Gasteiger partial charge in [0, 0.05) is 6.42 Å². The van der Waals surface area contributed by atoms with Gasteiger partial charge < -0.3 is 16.4 Å². The fourth-order valence-electron chi connectivity index (χ4n) is 1.42. The Morgan fingerprint density at radius 3 is 2.06 bits per heavy atom. The lowest BCUT2D eigenvalue weighted by molar-refractivity contribution is -0.131. The maximum absolute atomic E-state index is 11.8. The molecule has 0 heterocycles.